The van der Waals surface area contributed by atoms with Crippen LogP contribution in [0.5, 0.6) is 0 Å². The van der Waals surface area contributed by atoms with Crippen LogP contribution in [0.3, 0.4) is 0 Å². The third-order valence-electron chi connectivity index (χ3n) is 4.56. The van der Waals surface area contributed by atoms with E-state index in [0.29, 0.717) is 6.42 Å². The Labute approximate surface area is 154 Å². The van der Waals surface area contributed by atoms with Crippen molar-refractivity contribution in [3.8, 4) is 0 Å². The van der Waals surface area contributed by atoms with E-state index in [0.717, 1.165) is 51.4 Å². The molecule has 0 saturated carbocycles. The van der Waals surface area contributed by atoms with Crippen molar-refractivity contribution in [1.29, 1.82) is 0 Å². The predicted molar refractivity (Wildman–Crippen MR) is 102 cm³/mol. The minimum atomic E-state index is -0.594. The van der Waals surface area contributed by atoms with Crippen molar-refractivity contribution in [3.63, 3.8) is 0 Å². The first-order valence-corrected chi connectivity index (χ1v) is 9.94. The number of esters is 1. The summed E-state index contributed by atoms with van der Waals surface area (Å²) >= 11 is 0. The van der Waals surface area contributed by atoms with E-state index in [1.807, 2.05) is 0 Å². The van der Waals surface area contributed by atoms with E-state index in [4.69, 9.17) is 0 Å². The summed E-state index contributed by atoms with van der Waals surface area (Å²) in [6.45, 7) is 3.64. The van der Waals surface area contributed by atoms with Gasteiger partial charge in [0.1, 0.15) is 11.7 Å². The van der Waals surface area contributed by atoms with E-state index in [1.54, 1.807) is 0 Å². The second-order valence-corrected chi connectivity index (χ2v) is 6.89. The predicted octanol–water partition coefficient (Wildman–Crippen LogP) is 4.98. The van der Waals surface area contributed by atoms with Crippen LogP contribution in [-0.4, -0.2) is 30.1 Å². The van der Waals surface area contributed by atoms with Gasteiger partial charge in [0.15, 0.2) is 0 Å². The van der Waals surface area contributed by atoms with Crippen molar-refractivity contribution >= 4 is 11.8 Å². The molecule has 1 N–H and O–H groups in total. The Morgan fingerprint density at radius 1 is 0.960 bits per heavy atom. The van der Waals surface area contributed by atoms with E-state index >= 15 is 0 Å². The molecule has 2 unspecified atom stereocenters. The monoisotopic (exact) mass is 354 g/mol. The fourth-order valence-corrected chi connectivity index (χ4v) is 2.89. The molecule has 0 amide bonds. The summed E-state index contributed by atoms with van der Waals surface area (Å²) < 4.78 is 4.66. The summed E-state index contributed by atoms with van der Waals surface area (Å²) in [5, 5.41) is 9.87. The highest BCUT2D eigenvalue weighted by Gasteiger charge is 2.23. The van der Waals surface area contributed by atoms with Gasteiger partial charge in [-0.3, -0.25) is 9.59 Å². The number of aliphatic hydroxyl groups excluding tert-OH is 1. The van der Waals surface area contributed by atoms with Crippen LogP contribution in [0.25, 0.3) is 0 Å². The first kappa shape index (κ1) is 23.8. The lowest BCUT2D eigenvalue weighted by Gasteiger charge is -2.10. The number of hydrogen-bond donors (Lipinski definition) is 1. The van der Waals surface area contributed by atoms with Crippen LogP contribution >= 0.6 is 0 Å². The number of aliphatic hydroxyl groups is 1. The van der Waals surface area contributed by atoms with Gasteiger partial charge in [0.05, 0.1) is 13.2 Å². The zero-order valence-electron chi connectivity index (χ0n) is 16.5. The van der Waals surface area contributed by atoms with Gasteiger partial charge in [-0.25, -0.2) is 0 Å². The zero-order valence-corrected chi connectivity index (χ0v) is 16.5. The number of rotatable bonds is 16. The molecule has 0 spiro atoms. The summed E-state index contributed by atoms with van der Waals surface area (Å²) in [5.74, 6) is -1.12. The van der Waals surface area contributed by atoms with Crippen LogP contribution in [0.4, 0.5) is 0 Å². The minimum Gasteiger partial charge on any atom is -0.468 e. The molecular formula is C21H38O4. The molecule has 4 nitrogen and oxygen atoms in total. The summed E-state index contributed by atoms with van der Waals surface area (Å²) in [5.41, 5.74) is 0. The highest BCUT2D eigenvalue weighted by molar-refractivity contribution is 5.97. The molecule has 146 valence electrons. The SMILES string of the molecule is CCCCCCC(O)C/C=C\CCCCCCC(C(C)=O)C(=O)OC. The maximum absolute atomic E-state index is 11.5. The van der Waals surface area contributed by atoms with Crippen molar-refractivity contribution in [2.75, 3.05) is 7.11 Å². The average Bonchev–Trinajstić information content (AvgIpc) is 2.59. The van der Waals surface area contributed by atoms with Gasteiger partial charge in [-0.05, 0) is 39.0 Å². The van der Waals surface area contributed by atoms with Crippen molar-refractivity contribution in [2.45, 2.75) is 97.0 Å². The standard InChI is InChI=1S/C21H38O4/c1-4-5-6-12-15-19(23)16-13-10-8-7-9-11-14-17-20(18(2)22)21(24)25-3/h10,13,19-20,23H,4-9,11-12,14-17H2,1-3H3/b13-10-. The van der Waals surface area contributed by atoms with Gasteiger partial charge in [-0.1, -0.05) is 64.0 Å². The number of ether oxygens (including phenoxy) is 1. The number of Topliss-reactive ketones (excluding diaryl/α,β-unsaturated/α-hetero) is 1. The van der Waals surface area contributed by atoms with E-state index in [1.165, 1.54) is 33.3 Å². The maximum atomic E-state index is 11.5. The van der Waals surface area contributed by atoms with Crippen molar-refractivity contribution < 1.29 is 19.4 Å². The first-order valence-electron chi connectivity index (χ1n) is 9.94. The summed E-state index contributed by atoms with van der Waals surface area (Å²) in [7, 11) is 1.33. The Bertz CT molecular complexity index is 376. The molecule has 0 saturated heterocycles. The Morgan fingerprint density at radius 2 is 1.60 bits per heavy atom. The van der Waals surface area contributed by atoms with Crippen LogP contribution in [0, 0.1) is 5.92 Å². The van der Waals surface area contributed by atoms with Gasteiger partial charge in [0.2, 0.25) is 0 Å². The van der Waals surface area contributed by atoms with Gasteiger partial charge >= 0.3 is 5.97 Å². The number of carbonyl (C=O) groups is 2. The molecule has 0 aliphatic carbocycles. The van der Waals surface area contributed by atoms with Crippen molar-refractivity contribution in [2.24, 2.45) is 5.92 Å². The number of methoxy groups -OCH3 is 1. The van der Waals surface area contributed by atoms with Crippen LogP contribution in [0.1, 0.15) is 90.9 Å². The summed E-state index contributed by atoms with van der Waals surface area (Å²) in [6, 6.07) is 0. The van der Waals surface area contributed by atoms with Gasteiger partial charge in [0, 0.05) is 0 Å². The Hall–Kier alpha value is -1.16. The lowest BCUT2D eigenvalue weighted by atomic mass is 9.97. The number of hydrogen-bond acceptors (Lipinski definition) is 4. The molecule has 0 bridgehead atoms. The largest absolute Gasteiger partial charge is 0.468 e. The van der Waals surface area contributed by atoms with Crippen LogP contribution in [0.15, 0.2) is 12.2 Å². The highest BCUT2D eigenvalue weighted by atomic mass is 16.5. The molecule has 0 aromatic heterocycles. The molecule has 0 aromatic rings. The van der Waals surface area contributed by atoms with Gasteiger partial charge in [0.25, 0.3) is 0 Å². The van der Waals surface area contributed by atoms with Crippen molar-refractivity contribution in [3.05, 3.63) is 12.2 Å². The van der Waals surface area contributed by atoms with Crippen LogP contribution in [0.2, 0.25) is 0 Å². The fraction of sp³-hybridized carbons (Fsp3) is 0.810. The maximum Gasteiger partial charge on any atom is 0.316 e. The normalized spacial score (nSPS) is 13.8. The van der Waals surface area contributed by atoms with E-state index in [2.05, 4.69) is 23.8 Å². The number of allylic oxidation sites excluding steroid dienone is 1. The molecule has 0 rings (SSSR count). The topological polar surface area (TPSA) is 63.6 Å². The second-order valence-electron chi connectivity index (χ2n) is 6.89. The third-order valence-corrected chi connectivity index (χ3v) is 4.56. The zero-order chi connectivity index (χ0) is 18.9. The quantitative estimate of drug-likeness (QED) is 0.184. The van der Waals surface area contributed by atoms with Crippen LogP contribution in [-0.2, 0) is 14.3 Å². The summed E-state index contributed by atoms with van der Waals surface area (Å²) in [6.07, 6.45) is 16.2. The lowest BCUT2D eigenvalue weighted by molar-refractivity contribution is -0.149. The molecular weight excluding hydrogens is 316 g/mol. The van der Waals surface area contributed by atoms with E-state index in [9.17, 15) is 14.7 Å². The fourth-order valence-electron chi connectivity index (χ4n) is 2.89. The smallest absolute Gasteiger partial charge is 0.316 e. The molecule has 4 heteroatoms. The Kier molecular flexibility index (Phi) is 15.6. The van der Waals surface area contributed by atoms with Crippen molar-refractivity contribution in [1.82, 2.24) is 0 Å². The van der Waals surface area contributed by atoms with Gasteiger partial charge in [-0.2, -0.15) is 0 Å². The van der Waals surface area contributed by atoms with Gasteiger partial charge in [-0.15, -0.1) is 0 Å². The molecule has 0 fully saturated rings. The van der Waals surface area contributed by atoms with Crippen LogP contribution < -0.4 is 0 Å². The second kappa shape index (κ2) is 16.3. The molecule has 25 heavy (non-hydrogen) atoms. The third kappa shape index (κ3) is 13.8. The number of carbonyl (C=O) groups excluding carboxylic acids is 2. The number of unbranched alkanes of at least 4 members (excludes halogenated alkanes) is 7. The molecule has 0 aliphatic rings. The van der Waals surface area contributed by atoms with E-state index < -0.39 is 11.9 Å². The molecule has 0 aromatic carbocycles. The lowest BCUT2D eigenvalue weighted by Crippen LogP contribution is -2.23. The average molecular weight is 355 g/mol. The molecule has 0 radical (unpaired) electrons. The Balaban J connectivity index is 3.59. The molecule has 0 heterocycles. The summed E-state index contributed by atoms with van der Waals surface area (Å²) in [4.78, 5) is 22.9. The minimum absolute atomic E-state index is 0.108. The highest BCUT2D eigenvalue weighted by Crippen LogP contribution is 2.14. The number of ketones is 1. The van der Waals surface area contributed by atoms with E-state index in [-0.39, 0.29) is 11.9 Å². The molecule has 0 aliphatic heterocycles. The van der Waals surface area contributed by atoms with Gasteiger partial charge < -0.3 is 9.84 Å². The Morgan fingerprint density at radius 3 is 2.24 bits per heavy atom. The first-order chi connectivity index (χ1) is 12.0. The molecule has 2 atom stereocenters.